The third-order valence-electron chi connectivity index (χ3n) is 9.99. The first-order valence-electron chi connectivity index (χ1n) is 16.5. The highest BCUT2D eigenvalue weighted by Gasteiger charge is 2.21. The van der Waals surface area contributed by atoms with Crippen molar-refractivity contribution in [2.24, 2.45) is 0 Å². The lowest BCUT2D eigenvalue weighted by atomic mass is 9.99. The average Bonchev–Trinajstić information content (AvgIpc) is 3.86. The number of hydrogen-bond donors (Lipinski definition) is 0. The van der Waals surface area contributed by atoms with E-state index in [1.807, 2.05) is 36.4 Å². The SMILES string of the molecule is c1ccc(-c2nc3cc(-c4ccc5oc6c(-n7c8ccccc8c8c9ccccc9ccc87)cc7ccccc7c6c5c4)ccc3o2)cc1. The van der Waals surface area contributed by atoms with Crippen molar-refractivity contribution >= 4 is 76.4 Å². The molecule has 11 aromatic rings. The molecule has 0 aliphatic rings. The molecule has 0 atom stereocenters. The molecule has 49 heavy (non-hydrogen) atoms. The van der Waals surface area contributed by atoms with Gasteiger partial charge in [-0.3, -0.25) is 0 Å². The van der Waals surface area contributed by atoms with Gasteiger partial charge in [0.1, 0.15) is 11.1 Å². The van der Waals surface area contributed by atoms with Crippen LogP contribution in [-0.2, 0) is 0 Å². The van der Waals surface area contributed by atoms with E-state index < -0.39 is 0 Å². The molecule has 0 aliphatic carbocycles. The number of rotatable bonds is 3. The molecule has 0 unspecified atom stereocenters. The number of nitrogens with zero attached hydrogens (tertiary/aromatic N) is 2. The third kappa shape index (κ3) is 3.83. The van der Waals surface area contributed by atoms with Gasteiger partial charge >= 0.3 is 0 Å². The van der Waals surface area contributed by atoms with Gasteiger partial charge in [-0.2, -0.15) is 0 Å². The summed E-state index contributed by atoms with van der Waals surface area (Å²) < 4.78 is 15.4. The summed E-state index contributed by atoms with van der Waals surface area (Å²) in [5.41, 5.74) is 9.82. The third-order valence-corrected chi connectivity index (χ3v) is 9.99. The van der Waals surface area contributed by atoms with Gasteiger partial charge in [0.25, 0.3) is 0 Å². The number of para-hydroxylation sites is 1. The van der Waals surface area contributed by atoms with E-state index >= 15 is 0 Å². The smallest absolute Gasteiger partial charge is 0.227 e. The summed E-state index contributed by atoms with van der Waals surface area (Å²) in [6, 6.07) is 55.5. The normalized spacial score (nSPS) is 12.1. The molecule has 0 saturated heterocycles. The first kappa shape index (κ1) is 26.4. The standard InChI is InChI=1S/C45H26N2O2/c1-2-11-28(12-3-1)45-46-36-25-30(20-23-41(36)49-45)29-19-22-40-35(24-29)43-33-15-7-5-13-31(33)26-39(44(43)48-40)47-37-17-9-8-16-34(37)42-32-14-6-4-10-27(32)18-21-38(42)47/h1-26H. The first-order valence-corrected chi connectivity index (χ1v) is 16.5. The molecule has 0 radical (unpaired) electrons. The lowest BCUT2D eigenvalue weighted by Gasteiger charge is -2.11. The van der Waals surface area contributed by atoms with E-state index in [4.69, 9.17) is 13.8 Å². The maximum Gasteiger partial charge on any atom is 0.227 e. The molecule has 0 N–H and O–H groups in total. The fraction of sp³-hybridized carbons (Fsp3) is 0. The van der Waals surface area contributed by atoms with Crippen LogP contribution in [0.5, 0.6) is 0 Å². The number of fused-ring (bicyclic) bond motifs is 11. The second kappa shape index (κ2) is 9.93. The summed E-state index contributed by atoms with van der Waals surface area (Å²) >= 11 is 0. The van der Waals surface area contributed by atoms with Crippen LogP contribution in [0.3, 0.4) is 0 Å². The van der Waals surface area contributed by atoms with Crippen molar-refractivity contribution < 1.29 is 8.83 Å². The van der Waals surface area contributed by atoms with Gasteiger partial charge in [-0.1, -0.05) is 103 Å². The van der Waals surface area contributed by atoms with E-state index in [9.17, 15) is 0 Å². The van der Waals surface area contributed by atoms with Gasteiger partial charge in [0.05, 0.1) is 16.7 Å². The van der Waals surface area contributed by atoms with Crippen molar-refractivity contribution in [1.29, 1.82) is 0 Å². The van der Waals surface area contributed by atoms with Crippen LogP contribution in [0.1, 0.15) is 0 Å². The minimum absolute atomic E-state index is 0.626. The maximum atomic E-state index is 6.87. The van der Waals surface area contributed by atoms with Crippen LogP contribution in [0.15, 0.2) is 167 Å². The molecule has 0 amide bonds. The Balaban J connectivity index is 1.17. The zero-order chi connectivity index (χ0) is 32.1. The molecule has 4 heteroatoms. The molecule has 0 aliphatic heterocycles. The van der Waals surface area contributed by atoms with Crippen LogP contribution in [0, 0.1) is 0 Å². The van der Waals surface area contributed by atoms with Gasteiger partial charge in [-0.15, -0.1) is 0 Å². The lowest BCUT2D eigenvalue weighted by Crippen LogP contribution is -1.95. The highest BCUT2D eigenvalue weighted by molar-refractivity contribution is 6.25. The van der Waals surface area contributed by atoms with Crippen LogP contribution in [0.25, 0.3) is 105 Å². The summed E-state index contributed by atoms with van der Waals surface area (Å²) in [5, 5.41) is 9.51. The number of benzene rings is 8. The summed E-state index contributed by atoms with van der Waals surface area (Å²) in [6.07, 6.45) is 0. The molecule has 0 bridgehead atoms. The van der Waals surface area contributed by atoms with Crippen LogP contribution < -0.4 is 0 Å². The Bertz CT molecular complexity index is 3110. The lowest BCUT2D eigenvalue weighted by molar-refractivity contribution is 0.620. The Hall–Kier alpha value is -6.65. The highest BCUT2D eigenvalue weighted by Crippen LogP contribution is 2.44. The van der Waals surface area contributed by atoms with Gasteiger partial charge in [-0.25, -0.2) is 4.98 Å². The van der Waals surface area contributed by atoms with Gasteiger partial charge < -0.3 is 13.4 Å². The van der Waals surface area contributed by atoms with Crippen molar-refractivity contribution in [2.45, 2.75) is 0 Å². The molecule has 11 rings (SSSR count). The van der Waals surface area contributed by atoms with Crippen LogP contribution in [-0.4, -0.2) is 9.55 Å². The molecule has 3 heterocycles. The maximum absolute atomic E-state index is 6.87. The van der Waals surface area contributed by atoms with E-state index in [-0.39, 0.29) is 0 Å². The molecule has 8 aromatic carbocycles. The summed E-state index contributed by atoms with van der Waals surface area (Å²) in [5.74, 6) is 0.626. The monoisotopic (exact) mass is 626 g/mol. The molecular formula is C45H26N2O2. The molecule has 3 aromatic heterocycles. The zero-order valence-corrected chi connectivity index (χ0v) is 26.2. The average molecular weight is 627 g/mol. The van der Waals surface area contributed by atoms with Crippen molar-refractivity contribution in [2.75, 3.05) is 0 Å². The molecule has 0 fully saturated rings. The number of aromatic nitrogens is 2. The Morgan fingerprint density at radius 1 is 0.429 bits per heavy atom. The summed E-state index contributed by atoms with van der Waals surface area (Å²) in [7, 11) is 0. The topological polar surface area (TPSA) is 44.1 Å². The largest absolute Gasteiger partial charge is 0.454 e. The number of hydrogen-bond acceptors (Lipinski definition) is 3. The quantitative estimate of drug-likeness (QED) is 0.196. The zero-order valence-electron chi connectivity index (χ0n) is 26.2. The minimum atomic E-state index is 0.626. The molecular weight excluding hydrogens is 601 g/mol. The number of furan rings is 1. The Labute approximate surface area is 280 Å². The van der Waals surface area contributed by atoms with Crippen LogP contribution in [0.4, 0.5) is 0 Å². The predicted octanol–water partition coefficient (Wildman–Crippen LogP) is 12.5. The Morgan fingerprint density at radius 3 is 1.98 bits per heavy atom. The van der Waals surface area contributed by atoms with Gasteiger partial charge in [0.2, 0.25) is 5.89 Å². The minimum Gasteiger partial charge on any atom is -0.454 e. The fourth-order valence-electron chi connectivity index (χ4n) is 7.76. The second-order valence-electron chi connectivity index (χ2n) is 12.7. The van der Waals surface area contributed by atoms with Crippen molar-refractivity contribution in [3.63, 3.8) is 0 Å². The van der Waals surface area contributed by atoms with Gasteiger partial charge in [-0.05, 0) is 87.3 Å². The van der Waals surface area contributed by atoms with E-state index in [1.165, 1.54) is 32.3 Å². The first-order chi connectivity index (χ1) is 24.3. The molecule has 0 spiro atoms. The van der Waals surface area contributed by atoms with E-state index in [0.29, 0.717) is 5.89 Å². The van der Waals surface area contributed by atoms with Crippen molar-refractivity contribution in [1.82, 2.24) is 9.55 Å². The highest BCUT2D eigenvalue weighted by atomic mass is 16.3. The summed E-state index contributed by atoms with van der Waals surface area (Å²) in [4.78, 5) is 4.83. The van der Waals surface area contributed by atoms with Crippen LogP contribution >= 0.6 is 0 Å². The number of oxazole rings is 1. The van der Waals surface area contributed by atoms with Gasteiger partial charge in [0.15, 0.2) is 11.2 Å². The summed E-state index contributed by atoms with van der Waals surface area (Å²) in [6.45, 7) is 0. The molecule has 4 nitrogen and oxygen atoms in total. The Morgan fingerprint density at radius 2 is 1.12 bits per heavy atom. The van der Waals surface area contributed by atoms with E-state index in [1.54, 1.807) is 0 Å². The fourth-order valence-corrected chi connectivity index (χ4v) is 7.76. The predicted molar refractivity (Wildman–Crippen MR) is 202 cm³/mol. The second-order valence-corrected chi connectivity index (χ2v) is 12.7. The van der Waals surface area contributed by atoms with Crippen molar-refractivity contribution in [3.05, 3.63) is 158 Å². The van der Waals surface area contributed by atoms with E-state index in [0.717, 1.165) is 66.4 Å². The molecule has 228 valence electrons. The Kier molecular flexibility index (Phi) is 5.35. The van der Waals surface area contributed by atoms with Crippen molar-refractivity contribution in [3.8, 4) is 28.3 Å². The van der Waals surface area contributed by atoms with Crippen LogP contribution in [0.2, 0.25) is 0 Å². The molecule has 0 saturated carbocycles. The van der Waals surface area contributed by atoms with Gasteiger partial charge in [0, 0.05) is 27.1 Å². The van der Waals surface area contributed by atoms with E-state index in [2.05, 4.69) is 126 Å².